The van der Waals surface area contributed by atoms with Gasteiger partial charge in [0.25, 0.3) is 0 Å². The molecule has 0 bridgehead atoms. The van der Waals surface area contributed by atoms with Crippen molar-refractivity contribution in [1.29, 1.82) is 0 Å². The summed E-state index contributed by atoms with van der Waals surface area (Å²) in [5, 5.41) is 1.07. The molecule has 2 heterocycles. The number of nitrogen functional groups attached to an aromatic ring is 1. The molecule has 0 spiro atoms. The molecule has 2 N–H and O–H groups in total. The molecule has 0 radical (unpaired) electrons. The van der Waals surface area contributed by atoms with Crippen molar-refractivity contribution in [1.82, 2.24) is 9.27 Å². The molecule has 0 aliphatic carbocycles. The SMILES string of the molecule is COc1c(N)nsc1N1CCCC(N(C)C)C1. The summed E-state index contributed by atoms with van der Waals surface area (Å²) in [7, 11) is 5.91. The lowest BCUT2D eigenvalue weighted by Gasteiger charge is -2.36. The third-order valence-electron chi connectivity index (χ3n) is 3.28. The summed E-state index contributed by atoms with van der Waals surface area (Å²) in [6, 6.07) is 0.594. The molecule has 1 saturated heterocycles. The van der Waals surface area contributed by atoms with Gasteiger partial charge in [0, 0.05) is 19.1 Å². The van der Waals surface area contributed by atoms with Gasteiger partial charge in [0.15, 0.2) is 16.6 Å². The number of nitrogens with zero attached hydrogens (tertiary/aromatic N) is 3. The van der Waals surface area contributed by atoms with Crippen LogP contribution in [-0.2, 0) is 0 Å². The normalized spacial score (nSPS) is 20.9. The second kappa shape index (κ2) is 5.10. The number of nitrogens with two attached hydrogens (primary N) is 1. The Morgan fingerprint density at radius 3 is 2.94 bits per heavy atom. The highest BCUT2D eigenvalue weighted by Gasteiger charge is 2.26. The molecule has 1 fully saturated rings. The summed E-state index contributed by atoms with van der Waals surface area (Å²) in [5.41, 5.74) is 5.79. The maximum atomic E-state index is 5.79. The van der Waals surface area contributed by atoms with E-state index in [0.29, 0.717) is 11.9 Å². The molecule has 17 heavy (non-hydrogen) atoms. The summed E-state index contributed by atoms with van der Waals surface area (Å²) in [4.78, 5) is 4.62. The average molecular weight is 256 g/mol. The van der Waals surface area contributed by atoms with E-state index in [1.54, 1.807) is 7.11 Å². The fourth-order valence-corrected chi connectivity index (χ4v) is 3.06. The molecule has 1 aliphatic rings. The van der Waals surface area contributed by atoms with Gasteiger partial charge in [-0.05, 0) is 38.5 Å². The van der Waals surface area contributed by atoms with Crippen LogP contribution in [-0.4, -0.2) is 49.6 Å². The van der Waals surface area contributed by atoms with Crippen molar-refractivity contribution in [2.75, 3.05) is 44.9 Å². The minimum Gasteiger partial charge on any atom is -0.490 e. The van der Waals surface area contributed by atoms with Crippen LogP contribution in [0, 0.1) is 0 Å². The van der Waals surface area contributed by atoms with E-state index >= 15 is 0 Å². The second-order valence-corrected chi connectivity index (χ2v) is 5.36. The minimum absolute atomic E-state index is 0.500. The second-order valence-electron chi connectivity index (χ2n) is 4.61. The van der Waals surface area contributed by atoms with Crippen molar-refractivity contribution in [3.8, 4) is 5.75 Å². The van der Waals surface area contributed by atoms with E-state index in [9.17, 15) is 0 Å². The smallest absolute Gasteiger partial charge is 0.197 e. The average Bonchev–Trinajstić information content (AvgIpc) is 2.70. The Hall–Kier alpha value is -1.01. The molecule has 6 heteroatoms. The van der Waals surface area contributed by atoms with Gasteiger partial charge in [0.2, 0.25) is 0 Å². The quantitative estimate of drug-likeness (QED) is 0.882. The van der Waals surface area contributed by atoms with Crippen molar-refractivity contribution in [3.05, 3.63) is 0 Å². The summed E-state index contributed by atoms with van der Waals surface area (Å²) < 4.78 is 9.50. The first-order valence-electron chi connectivity index (χ1n) is 5.84. The topological polar surface area (TPSA) is 54.6 Å². The summed E-state index contributed by atoms with van der Waals surface area (Å²) in [5.74, 6) is 1.23. The molecule has 96 valence electrons. The van der Waals surface area contributed by atoms with Crippen LogP contribution in [0.25, 0.3) is 0 Å². The van der Waals surface area contributed by atoms with Crippen molar-refractivity contribution in [2.45, 2.75) is 18.9 Å². The number of likely N-dealkylation sites (N-methyl/N-ethyl adjacent to an activating group) is 1. The van der Waals surface area contributed by atoms with Gasteiger partial charge < -0.3 is 20.3 Å². The number of hydrogen-bond donors (Lipinski definition) is 1. The molecule has 0 amide bonds. The van der Waals surface area contributed by atoms with E-state index in [2.05, 4.69) is 28.3 Å². The first-order chi connectivity index (χ1) is 8.13. The van der Waals surface area contributed by atoms with Gasteiger partial charge in [0.1, 0.15) is 0 Å². The van der Waals surface area contributed by atoms with Crippen LogP contribution in [0.4, 0.5) is 10.8 Å². The number of hydrogen-bond acceptors (Lipinski definition) is 6. The standard InChI is InChI=1S/C11H20N4OS/c1-14(2)8-5-4-6-15(7-8)11-9(16-3)10(12)13-17-11/h8H,4-7H2,1-3H3,(H2,12,13). The van der Waals surface area contributed by atoms with E-state index < -0.39 is 0 Å². The third-order valence-corrected chi connectivity index (χ3v) is 4.18. The molecule has 1 unspecified atom stereocenters. The summed E-state index contributed by atoms with van der Waals surface area (Å²) >= 11 is 1.43. The first kappa shape index (κ1) is 12.4. The van der Waals surface area contributed by atoms with Crippen molar-refractivity contribution in [3.63, 3.8) is 0 Å². The molecule has 0 saturated carbocycles. The summed E-state index contributed by atoms with van der Waals surface area (Å²) in [6.45, 7) is 2.08. The first-order valence-corrected chi connectivity index (χ1v) is 6.61. The molecular formula is C11H20N4OS. The maximum Gasteiger partial charge on any atom is 0.197 e. The van der Waals surface area contributed by atoms with Gasteiger partial charge in [-0.2, -0.15) is 4.37 Å². The van der Waals surface area contributed by atoms with Crippen LogP contribution >= 0.6 is 11.5 Å². The zero-order valence-electron chi connectivity index (χ0n) is 10.6. The van der Waals surface area contributed by atoms with Crippen LogP contribution < -0.4 is 15.4 Å². The predicted octanol–water partition coefficient (Wildman–Crippen LogP) is 1.26. The Kier molecular flexibility index (Phi) is 3.73. The van der Waals surface area contributed by atoms with Crippen molar-refractivity contribution in [2.24, 2.45) is 0 Å². The van der Waals surface area contributed by atoms with Gasteiger partial charge in [-0.1, -0.05) is 0 Å². The fraction of sp³-hybridized carbons (Fsp3) is 0.727. The van der Waals surface area contributed by atoms with E-state index in [1.165, 1.54) is 24.4 Å². The van der Waals surface area contributed by atoms with Crippen LogP contribution in [0.15, 0.2) is 0 Å². The van der Waals surface area contributed by atoms with E-state index in [4.69, 9.17) is 10.5 Å². The number of aromatic nitrogens is 1. The Bertz CT molecular complexity index is 380. The highest BCUT2D eigenvalue weighted by atomic mass is 32.1. The van der Waals surface area contributed by atoms with Gasteiger partial charge in [-0.15, -0.1) is 0 Å². The zero-order valence-corrected chi connectivity index (χ0v) is 11.5. The van der Waals surface area contributed by atoms with Crippen LogP contribution in [0.1, 0.15) is 12.8 Å². The highest BCUT2D eigenvalue weighted by molar-refractivity contribution is 7.11. The number of ether oxygens (including phenoxy) is 1. The Morgan fingerprint density at radius 1 is 1.53 bits per heavy atom. The van der Waals surface area contributed by atoms with E-state index in [0.717, 1.165) is 23.8 Å². The van der Waals surface area contributed by atoms with Crippen molar-refractivity contribution >= 4 is 22.4 Å². The van der Waals surface area contributed by atoms with E-state index in [-0.39, 0.29) is 0 Å². The Labute approximate surface area is 106 Å². The number of piperidine rings is 1. The predicted molar refractivity (Wildman–Crippen MR) is 72.0 cm³/mol. The summed E-state index contributed by atoms with van der Waals surface area (Å²) in [6.07, 6.45) is 2.45. The monoisotopic (exact) mass is 256 g/mol. The van der Waals surface area contributed by atoms with Gasteiger partial charge >= 0.3 is 0 Å². The molecular weight excluding hydrogens is 236 g/mol. The lowest BCUT2D eigenvalue weighted by molar-refractivity contribution is 0.258. The number of rotatable bonds is 3. The molecule has 1 aliphatic heterocycles. The van der Waals surface area contributed by atoms with Crippen LogP contribution in [0.2, 0.25) is 0 Å². The van der Waals surface area contributed by atoms with Crippen LogP contribution in [0.3, 0.4) is 0 Å². The lowest BCUT2D eigenvalue weighted by Crippen LogP contribution is -2.45. The van der Waals surface area contributed by atoms with Crippen LogP contribution in [0.5, 0.6) is 5.75 Å². The maximum absolute atomic E-state index is 5.79. The fourth-order valence-electron chi connectivity index (χ4n) is 2.24. The molecule has 1 aromatic rings. The Balaban J connectivity index is 2.16. The van der Waals surface area contributed by atoms with Gasteiger partial charge in [-0.25, -0.2) is 0 Å². The molecule has 1 aromatic heterocycles. The molecule has 1 atom stereocenters. The zero-order chi connectivity index (χ0) is 12.4. The number of anilines is 2. The third kappa shape index (κ3) is 2.47. The largest absolute Gasteiger partial charge is 0.490 e. The van der Waals surface area contributed by atoms with Crippen molar-refractivity contribution < 1.29 is 4.74 Å². The van der Waals surface area contributed by atoms with Gasteiger partial charge in [0.05, 0.1) is 7.11 Å². The Morgan fingerprint density at radius 2 is 2.29 bits per heavy atom. The molecule has 2 rings (SSSR count). The van der Waals surface area contributed by atoms with E-state index in [1.807, 2.05) is 0 Å². The molecule has 5 nitrogen and oxygen atoms in total. The highest BCUT2D eigenvalue weighted by Crippen LogP contribution is 2.39. The number of methoxy groups -OCH3 is 1. The lowest BCUT2D eigenvalue weighted by atomic mass is 10.1. The van der Waals surface area contributed by atoms with Gasteiger partial charge in [-0.3, -0.25) is 0 Å². The molecule has 0 aromatic carbocycles. The minimum atomic E-state index is 0.500.